The fourth-order valence-electron chi connectivity index (χ4n) is 5.74. The van der Waals surface area contributed by atoms with Crippen LogP contribution in [0.15, 0.2) is 73.7 Å². The lowest BCUT2D eigenvalue weighted by Crippen LogP contribution is -2.34. The molecule has 0 radical (unpaired) electrons. The molecule has 1 saturated heterocycles. The summed E-state index contributed by atoms with van der Waals surface area (Å²) in [6.07, 6.45) is 16.1. The standard InChI is InChI=1S/C31H32FN9O/c1-31(33,24-2-4-26(32)5-3-24)25-16-34-29(35-17-25)21-6-10-39(11-7-21)30-28-14-22(18-41(28)38-20-36-30)23-15-37-40(19-23)27-8-12-42-13-9-27/h2-6,14-20,27H,7-13,33H2,1H3/t31-/m0/s1. The molecule has 0 saturated carbocycles. The molecule has 4 aromatic heterocycles. The molecule has 0 spiro atoms. The first-order chi connectivity index (χ1) is 20.5. The fourth-order valence-corrected chi connectivity index (χ4v) is 5.74. The fraction of sp³-hybridized carbons (Fsp3) is 0.323. The third-order valence-electron chi connectivity index (χ3n) is 8.38. The first-order valence-electron chi connectivity index (χ1n) is 14.2. The number of hydrogen-bond donors (Lipinski definition) is 1. The van der Waals surface area contributed by atoms with E-state index in [1.54, 1.807) is 30.9 Å². The highest BCUT2D eigenvalue weighted by Crippen LogP contribution is 2.31. The average molecular weight is 566 g/mol. The van der Waals surface area contributed by atoms with Gasteiger partial charge in [-0.2, -0.15) is 10.2 Å². The van der Waals surface area contributed by atoms with Crippen LogP contribution in [0.1, 0.15) is 49.2 Å². The van der Waals surface area contributed by atoms with E-state index in [-0.39, 0.29) is 5.82 Å². The van der Waals surface area contributed by atoms with Crippen molar-refractivity contribution in [3.63, 3.8) is 0 Å². The topological polar surface area (TPSA) is 112 Å². The smallest absolute Gasteiger partial charge is 0.156 e. The van der Waals surface area contributed by atoms with Gasteiger partial charge in [0.15, 0.2) is 11.6 Å². The van der Waals surface area contributed by atoms with Crippen LogP contribution in [0.5, 0.6) is 0 Å². The molecule has 1 atom stereocenters. The lowest BCUT2D eigenvalue weighted by molar-refractivity contribution is 0.0662. The van der Waals surface area contributed by atoms with Gasteiger partial charge in [0.05, 0.1) is 17.8 Å². The van der Waals surface area contributed by atoms with Crippen LogP contribution in [0.4, 0.5) is 10.2 Å². The van der Waals surface area contributed by atoms with E-state index in [0.717, 1.165) is 78.2 Å². The number of ether oxygens (including phenoxy) is 1. The second-order valence-electron chi connectivity index (χ2n) is 11.1. The molecule has 2 N–H and O–H groups in total. The SMILES string of the molecule is C[C@](N)(c1ccc(F)cc1)c1cnc(C2=CCN(c3ncnn4cc(-c5cnn(C6CCOCC6)c5)cc34)CC2)nc1. The van der Waals surface area contributed by atoms with Crippen molar-refractivity contribution >= 4 is 16.9 Å². The third kappa shape index (κ3) is 4.94. The second-order valence-corrected chi connectivity index (χ2v) is 11.1. The van der Waals surface area contributed by atoms with Gasteiger partial charge in [-0.15, -0.1) is 0 Å². The van der Waals surface area contributed by atoms with Gasteiger partial charge in [-0.05, 0) is 55.5 Å². The summed E-state index contributed by atoms with van der Waals surface area (Å²) in [7, 11) is 0. The van der Waals surface area contributed by atoms with E-state index in [1.807, 2.05) is 23.8 Å². The summed E-state index contributed by atoms with van der Waals surface area (Å²) in [5, 5.41) is 9.11. The molecule has 2 aliphatic rings. The number of rotatable bonds is 6. The van der Waals surface area contributed by atoms with Crippen LogP contribution in [0.3, 0.4) is 0 Å². The third-order valence-corrected chi connectivity index (χ3v) is 8.38. The lowest BCUT2D eigenvalue weighted by atomic mass is 9.87. The van der Waals surface area contributed by atoms with Crippen molar-refractivity contribution in [2.75, 3.05) is 31.2 Å². The zero-order valence-corrected chi connectivity index (χ0v) is 23.4. The van der Waals surface area contributed by atoms with Crippen LogP contribution in [0, 0.1) is 5.82 Å². The van der Waals surface area contributed by atoms with Crippen LogP contribution >= 0.6 is 0 Å². The van der Waals surface area contributed by atoms with Gasteiger partial charge in [-0.1, -0.05) is 18.2 Å². The van der Waals surface area contributed by atoms with Crippen molar-refractivity contribution in [2.24, 2.45) is 5.73 Å². The first-order valence-corrected chi connectivity index (χ1v) is 14.2. The number of anilines is 1. The maximum Gasteiger partial charge on any atom is 0.156 e. The van der Waals surface area contributed by atoms with E-state index in [9.17, 15) is 4.39 Å². The second kappa shape index (κ2) is 10.7. The Morgan fingerprint density at radius 3 is 2.48 bits per heavy atom. The summed E-state index contributed by atoms with van der Waals surface area (Å²) < 4.78 is 22.8. The van der Waals surface area contributed by atoms with E-state index in [4.69, 9.17) is 10.5 Å². The van der Waals surface area contributed by atoms with Gasteiger partial charge in [0.1, 0.15) is 17.7 Å². The molecule has 2 aliphatic heterocycles. The number of nitrogens with two attached hydrogens (primary N) is 1. The van der Waals surface area contributed by atoms with Crippen LogP contribution in [0.25, 0.3) is 22.2 Å². The zero-order valence-electron chi connectivity index (χ0n) is 23.4. The summed E-state index contributed by atoms with van der Waals surface area (Å²) in [5.41, 5.74) is 11.5. The zero-order chi connectivity index (χ0) is 28.7. The molecule has 5 aromatic rings. The molecular weight excluding hydrogens is 533 g/mol. The van der Waals surface area contributed by atoms with E-state index in [0.29, 0.717) is 18.4 Å². The molecule has 6 heterocycles. The highest BCUT2D eigenvalue weighted by Gasteiger charge is 2.26. The number of hydrogen-bond acceptors (Lipinski definition) is 8. The Labute approximate surface area is 242 Å². The van der Waals surface area contributed by atoms with Crippen molar-refractivity contribution in [1.29, 1.82) is 0 Å². The Balaban J connectivity index is 1.08. The van der Waals surface area contributed by atoms with Gasteiger partial charge >= 0.3 is 0 Å². The Morgan fingerprint density at radius 1 is 0.952 bits per heavy atom. The molecule has 0 amide bonds. The summed E-state index contributed by atoms with van der Waals surface area (Å²) in [4.78, 5) is 16.2. The van der Waals surface area contributed by atoms with Crippen molar-refractivity contribution < 1.29 is 9.13 Å². The first kappa shape index (κ1) is 26.4. The molecule has 0 bridgehead atoms. The minimum Gasteiger partial charge on any atom is -0.381 e. The molecular formula is C31H32FN9O. The minimum atomic E-state index is -0.831. The van der Waals surface area contributed by atoms with Crippen LogP contribution < -0.4 is 10.6 Å². The molecule has 42 heavy (non-hydrogen) atoms. The van der Waals surface area contributed by atoms with Crippen molar-refractivity contribution in [3.8, 4) is 11.1 Å². The van der Waals surface area contributed by atoms with Gasteiger partial charge < -0.3 is 15.4 Å². The molecule has 1 aromatic carbocycles. The van der Waals surface area contributed by atoms with E-state index >= 15 is 0 Å². The molecule has 7 rings (SSSR count). The molecule has 1 fully saturated rings. The lowest BCUT2D eigenvalue weighted by Gasteiger charge is -2.28. The molecule has 0 unspecified atom stereocenters. The largest absolute Gasteiger partial charge is 0.381 e. The molecule has 11 heteroatoms. The van der Waals surface area contributed by atoms with Crippen LogP contribution in [-0.4, -0.2) is 60.6 Å². The Kier molecular flexibility index (Phi) is 6.75. The summed E-state index contributed by atoms with van der Waals surface area (Å²) >= 11 is 0. The maximum absolute atomic E-state index is 13.4. The van der Waals surface area contributed by atoms with Crippen molar-refractivity contribution in [3.05, 3.63) is 96.5 Å². The summed E-state index contributed by atoms with van der Waals surface area (Å²) in [5.74, 6) is 1.28. The molecule has 0 aliphatic carbocycles. The highest BCUT2D eigenvalue weighted by atomic mass is 19.1. The Morgan fingerprint density at radius 2 is 1.74 bits per heavy atom. The number of halogens is 1. The van der Waals surface area contributed by atoms with Crippen molar-refractivity contribution in [1.82, 2.24) is 34.3 Å². The van der Waals surface area contributed by atoms with Gasteiger partial charge in [-0.25, -0.2) is 23.9 Å². The quantitative estimate of drug-likeness (QED) is 0.323. The van der Waals surface area contributed by atoms with Crippen LogP contribution in [0.2, 0.25) is 0 Å². The number of nitrogens with zero attached hydrogens (tertiary/aromatic N) is 8. The monoisotopic (exact) mass is 565 g/mol. The van der Waals surface area contributed by atoms with Gasteiger partial charge in [0.2, 0.25) is 0 Å². The van der Waals surface area contributed by atoms with E-state index in [1.165, 1.54) is 12.1 Å². The van der Waals surface area contributed by atoms with Gasteiger partial charge in [0, 0.05) is 67.8 Å². The number of fused-ring (bicyclic) bond motifs is 1. The van der Waals surface area contributed by atoms with E-state index in [2.05, 4.69) is 53.1 Å². The number of aromatic nitrogens is 7. The van der Waals surface area contributed by atoms with Crippen LogP contribution in [-0.2, 0) is 10.3 Å². The predicted octanol–water partition coefficient (Wildman–Crippen LogP) is 4.39. The average Bonchev–Trinajstić information content (AvgIpc) is 3.70. The normalized spacial score (nSPS) is 17.8. The van der Waals surface area contributed by atoms with Gasteiger partial charge in [-0.3, -0.25) is 4.68 Å². The Bertz CT molecular complexity index is 1730. The highest BCUT2D eigenvalue weighted by molar-refractivity contribution is 5.78. The van der Waals surface area contributed by atoms with Gasteiger partial charge in [0.25, 0.3) is 0 Å². The molecule has 10 nitrogen and oxygen atoms in total. The summed E-state index contributed by atoms with van der Waals surface area (Å²) in [6.45, 7) is 4.89. The van der Waals surface area contributed by atoms with E-state index < -0.39 is 5.54 Å². The summed E-state index contributed by atoms with van der Waals surface area (Å²) in [6, 6.07) is 8.73. The predicted molar refractivity (Wildman–Crippen MR) is 157 cm³/mol. The Hall–Kier alpha value is -4.48. The molecule has 214 valence electrons. The maximum atomic E-state index is 13.4. The van der Waals surface area contributed by atoms with Crippen molar-refractivity contribution in [2.45, 2.75) is 37.8 Å². The number of benzene rings is 1. The minimum absolute atomic E-state index is 0.294.